The average Bonchev–Trinajstić information content (AvgIpc) is 2.34. The summed E-state index contributed by atoms with van der Waals surface area (Å²) in [7, 11) is 2.14. The zero-order valence-corrected chi connectivity index (χ0v) is 13.1. The molecular weight excluding hydrogens is 339 g/mol. The molecule has 4 heteroatoms. The third-order valence-corrected chi connectivity index (χ3v) is 4.30. The monoisotopic (exact) mass is 358 g/mol. The second kappa shape index (κ2) is 6.12. The van der Waals surface area contributed by atoms with E-state index in [1.54, 1.807) is 0 Å². The maximum absolute atomic E-state index is 12.2. The highest BCUT2D eigenvalue weighted by Crippen LogP contribution is 2.11. The molecule has 3 nitrogen and oxygen atoms in total. The fraction of sp³-hybridized carbons (Fsp3) is 0.500. The first-order valence-corrected chi connectivity index (χ1v) is 7.35. The van der Waals surface area contributed by atoms with Gasteiger partial charge in [0.2, 0.25) is 0 Å². The van der Waals surface area contributed by atoms with Crippen molar-refractivity contribution in [3.63, 3.8) is 0 Å². The third-order valence-electron chi connectivity index (χ3n) is 3.58. The van der Waals surface area contributed by atoms with E-state index in [1.807, 2.05) is 24.3 Å². The fourth-order valence-electron chi connectivity index (χ4n) is 2.20. The van der Waals surface area contributed by atoms with Gasteiger partial charge in [-0.3, -0.25) is 9.69 Å². The van der Waals surface area contributed by atoms with Crippen LogP contribution in [-0.2, 0) is 0 Å². The summed E-state index contributed by atoms with van der Waals surface area (Å²) in [5.41, 5.74) is 0.821. The zero-order valence-electron chi connectivity index (χ0n) is 10.9. The largest absolute Gasteiger partial charge is 0.301 e. The van der Waals surface area contributed by atoms with Crippen molar-refractivity contribution in [2.75, 3.05) is 33.2 Å². The molecule has 0 saturated carbocycles. The van der Waals surface area contributed by atoms with Crippen molar-refractivity contribution in [3.8, 4) is 0 Å². The molecule has 1 aliphatic heterocycles. The Balaban J connectivity index is 1.93. The van der Waals surface area contributed by atoms with Gasteiger partial charge in [-0.25, -0.2) is 0 Å². The number of likely N-dealkylation sites (N-methyl/N-ethyl adjacent to an activating group) is 1. The minimum atomic E-state index is 0.225. The quantitative estimate of drug-likeness (QED) is 0.611. The number of piperazine rings is 1. The Bertz CT molecular complexity index is 418. The first-order valence-electron chi connectivity index (χ1n) is 6.27. The molecular formula is C14H19IN2O. The maximum Gasteiger partial charge on any atom is 0.176 e. The Kier molecular flexibility index (Phi) is 4.75. The summed E-state index contributed by atoms with van der Waals surface area (Å²) in [5, 5.41) is 0. The highest BCUT2D eigenvalue weighted by atomic mass is 127. The van der Waals surface area contributed by atoms with Gasteiger partial charge in [0.1, 0.15) is 0 Å². The molecule has 1 aromatic carbocycles. The van der Waals surface area contributed by atoms with Crippen molar-refractivity contribution >= 4 is 28.4 Å². The first kappa shape index (κ1) is 14.0. The van der Waals surface area contributed by atoms with Crippen LogP contribution in [0.5, 0.6) is 0 Å². The molecule has 0 radical (unpaired) electrons. The van der Waals surface area contributed by atoms with Gasteiger partial charge in [0.05, 0.1) is 6.54 Å². The standard InChI is InChI=1S/C14H19IN2O/c1-11-9-17(8-7-16(11)2)10-14(18)12-3-5-13(15)6-4-12/h3-6,11H,7-10H2,1-2H3. The summed E-state index contributed by atoms with van der Waals surface area (Å²) < 4.78 is 1.16. The molecule has 18 heavy (non-hydrogen) atoms. The van der Waals surface area contributed by atoms with E-state index in [9.17, 15) is 4.79 Å². The summed E-state index contributed by atoms with van der Waals surface area (Å²) in [6, 6.07) is 8.34. The Morgan fingerprint density at radius 1 is 1.33 bits per heavy atom. The second-order valence-corrected chi connectivity index (χ2v) is 6.24. The lowest BCUT2D eigenvalue weighted by atomic mass is 10.1. The number of hydrogen-bond acceptors (Lipinski definition) is 3. The van der Waals surface area contributed by atoms with Gasteiger partial charge >= 0.3 is 0 Å². The molecule has 1 saturated heterocycles. The summed E-state index contributed by atoms with van der Waals surface area (Å²) in [5.74, 6) is 0.225. The lowest BCUT2D eigenvalue weighted by Gasteiger charge is -2.37. The number of rotatable bonds is 3. The fourth-order valence-corrected chi connectivity index (χ4v) is 2.56. The zero-order chi connectivity index (χ0) is 13.1. The Morgan fingerprint density at radius 3 is 2.61 bits per heavy atom. The number of benzene rings is 1. The van der Waals surface area contributed by atoms with Crippen LogP contribution in [0.2, 0.25) is 0 Å². The van der Waals surface area contributed by atoms with E-state index in [4.69, 9.17) is 0 Å². The number of hydrogen-bond donors (Lipinski definition) is 0. The smallest absolute Gasteiger partial charge is 0.176 e. The normalized spacial score (nSPS) is 22.1. The van der Waals surface area contributed by atoms with E-state index in [0.29, 0.717) is 12.6 Å². The first-order chi connectivity index (χ1) is 8.56. The van der Waals surface area contributed by atoms with Crippen LogP contribution < -0.4 is 0 Å². The molecule has 0 amide bonds. The molecule has 1 atom stereocenters. The van der Waals surface area contributed by atoms with E-state index in [1.165, 1.54) is 0 Å². The van der Waals surface area contributed by atoms with Crippen LogP contribution >= 0.6 is 22.6 Å². The number of carbonyl (C=O) groups is 1. The Labute approximate surface area is 122 Å². The number of halogens is 1. The van der Waals surface area contributed by atoms with Crippen LogP contribution in [0, 0.1) is 3.57 Å². The van der Waals surface area contributed by atoms with Crippen molar-refractivity contribution in [3.05, 3.63) is 33.4 Å². The van der Waals surface area contributed by atoms with Gasteiger partial charge in [0, 0.05) is 34.8 Å². The average molecular weight is 358 g/mol. The van der Waals surface area contributed by atoms with Crippen molar-refractivity contribution in [1.82, 2.24) is 9.80 Å². The van der Waals surface area contributed by atoms with Crippen molar-refractivity contribution < 1.29 is 4.79 Å². The van der Waals surface area contributed by atoms with Gasteiger partial charge in [-0.1, -0.05) is 12.1 Å². The maximum atomic E-state index is 12.2. The van der Waals surface area contributed by atoms with Gasteiger partial charge in [-0.05, 0) is 48.7 Å². The number of carbonyl (C=O) groups excluding carboxylic acids is 1. The molecule has 2 rings (SSSR count). The molecule has 1 unspecified atom stereocenters. The van der Waals surface area contributed by atoms with Gasteiger partial charge in [-0.2, -0.15) is 0 Å². The molecule has 98 valence electrons. The number of Topliss-reactive ketones (excluding diaryl/α,β-unsaturated/α-hetero) is 1. The third kappa shape index (κ3) is 3.52. The van der Waals surface area contributed by atoms with E-state index in [2.05, 4.69) is 46.4 Å². The van der Waals surface area contributed by atoms with E-state index in [-0.39, 0.29) is 5.78 Å². The highest BCUT2D eigenvalue weighted by molar-refractivity contribution is 14.1. The molecule has 0 N–H and O–H groups in total. The minimum absolute atomic E-state index is 0.225. The van der Waals surface area contributed by atoms with Crippen LogP contribution in [0.25, 0.3) is 0 Å². The molecule has 0 aliphatic carbocycles. The molecule has 1 aliphatic rings. The van der Waals surface area contributed by atoms with E-state index < -0.39 is 0 Å². The molecule has 1 fully saturated rings. The van der Waals surface area contributed by atoms with Crippen LogP contribution in [-0.4, -0.2) is 54.9 Å². The summed E-state index contributed by atoms with van der Waals surface area (Å²) in [4.78, 5) is 16.7. The molecule has 0 spiro atoms. The molecule has 0 bridgehead atoms. The molecule has 0 aromatic heterocycles. The van der Waals surface area contributed by atoms with Crippen LogP contribution in [0.1, 0.15) is 17.3 Å². The van der Waals surface area contributed by atoms with Gasteiger partial charge in [-0.15, -0.1) is 0 Å². The predicted octanol–water partition coefficient (Wildman–Crippen LogP) is 2.11. The van der Waals surface area contributed by atoms with E-state index in [0.717, 1.165) is 28.8 Å². The lowest BCUT2D eigenvalue weighted by Crippen LogP contribution is -2.51. The number of nitrogens with zero attached hydrogens (tertiary/aromatic N) is 2. The summed E-state index contributed by atoms with van der Waals surface area (Å²) >= 11 is 2.25. The molecule has 1 heterocycles. The second-order valence-electron chi connectivity index (χ2n) is 4.99. The van der Waals surface area contributed by atoms with E-state index >= 15 is 0 Å². The van der Waals surface area contributed by atoms with Crippen molar-refractivity contribution in [2.24, 2.45) is 0 Å². The van der Waals surface area contributed by atoms with Gasteiger partial charge in [0.25, 0.3) is 0 Å². The minimum Gasteiger partial charge on any atom is -0.301 e. The van der Waals surface area contributed by atoms with Crippen LogP contribution in [0.4, 0.5) is 0 Å². The van der Waals surface area contributed by atoms with Gasteiger partial charge in [0.15, 0.2) is 5.78 Å². The topological polar surface area (TPSA) is 23.6 Å². The highest BCUT2D eigenvalue weighted by Gasteiger charge is 2.22. The Morgan fingerprint density at radius 2 is 2.00 bits per heavy atom. The SMILES string of the molecule is CC1CN(CC(=O)c2ccc(I)cc2)CCN1C. The predicted molar refractivity (Wildman–Crippen MR) is 82.0 cm³/mol. The van der Waals surface area contributed by atoms with Crippen LogP contribution in [0.3, 0.4) is 0 Å². The van der Waals surface area contributed by atoms with Crippen molar-refractivity contribution in [1.29, 1.82) is 0 Å². The number of ketones is 1. The van der Waals surface area contributed by atoms with Crippen molar-refractivity contribution in [2.45, 2.75) is 13.0 Å². The summed E-state index contributed by atoms with van der Waals surface area (Å²) in [6.07, 6.45) is 0. The Hall–Kier alpha value is -0.460. The summed E-state index contributed by atoms with van der Waals surface area (Å²) in [6.45, 7) is 5.75. The lowest BCUT2D eigenvalue weighted by molar-refractivity contribution is 0.0786. The van der Waals surface area contributed by atoms with Crippen LogP contribution in [0.15, 0.2) is 24.3 Å². The molecule has 1 aromatic rings. The van der Waals surface area contributed by atoms with Gasteiger partial charge < -0.3 is 4.90 Å².